The third-order valence-corrected chi connectivity index (χ3v) is 8.63. The summed E-state index contributed by atoms with van der Waals surface area (Å²) in [4.78, 5) is 14.5. The number of anilines is 1. The van der Waals surface area contributed by atoms with Crippen LogP contribution >= 0.6 is 11.6 Å². The Morgan fingerprint density at radius 1 is 1.08 bits per heavy atom. The quantitative estimate of drug-likeness (QED) is 0.448. The smallest absolute Gasteiger partial charge is 0.328 e. The molecule has 1 aliphatic carbocycles. The predicted octanol–water partition coefficient (Wildman–Crippen LogP) is 4.92. The third-order valence-electron chi connectivity index (χ3n) is 7.03. The van der Waals surface area contributed by atoms with Crippen molar-refractivity contribution in [2.45, 2.75) is 43.0 Å². The number of piperidine rings is 1. The van der Waals surface area contributed by atoms with Gasteiger partial charge < -0.3 is 10.2 Å². The first-order valence-corrected chi connectivity index (χ1v) is 14.5. The summed E-state index contributed by atoms with van der Waals surface area (Å²) >= 11 is 5.81. The maximum absolute atomic E-state index is 13.3. The van der Waals surface area contributed by atoms with Crippen molar-refractivity contribution in [3.8, 4) is 0 Å². The highest BCUT2D eigenvalue weighted by atomic mass is 35.5. The van der Waals surface area contributed by atoms with E-state index in [0.717, 1.165) is 62.1 Å². The van der Waals surface area contributed by atoms with E-state index >= 15 is 0 Å². The number of carbonyl (C=O) groups is 1. The SMILES string of the molecule is O=C(NC/C=C1\CCCc2cnn(C3CCN(c4ccc(F)cc4)CC3)c21)NS(=O)(=O)c1ccc(Cl)cc1. The lowest BCUT2D eigenvalue weighted by Gasteiger charge is -2.35. The lowest BCUT2D eigenvalue weighted by Crippen LogP contribution is -2.39. The molecule has 1 aliphatic heterocycles. The number of fused-ring (bicyclic) bond motifs is 1. The lowest BCUT2D eigenvalue weighted by molar-refractivity contribution is 0.247. The molecule has 2 aliphatic rings. The average molecular weight is 558 g/mol. The lowest BCUT2D eigenvalue weighted by atomic mass is 9.92. The van der Waals surface area contributed by atoms with Gasteiger partial charge in [0.2, 0.25) is 0 Å². The van der Waals surface area contributed by atoms with Crippen LogP contribution in [0.3, 0.4) is 0 Å². The van der Waals surface area contributed by atoms with Gasteiger partial charge in [-0.2, -0.15) is 5.10 Å². The van der Waals surface area contributed by atoms with Crippen molar-refractivity contribution in [2.75, 3.05) is 24.5 Å². The highest BCUT2D eigenvalue weighted by Crippen LogP contribution is 2.35. The standard InChI is InChI=1S/C27H29ClFN5O3S/c28-21-4-10-25(11-5-21)38(36,37)32-27(35)30-15-12-19-2-1-3-20-18-31-34(26(19)20)24-13-16-33(17-14-24)23-8-6-22(29)7-9-23/h4-12,18,24H,1-3,13-17H2,(H2,30,32,35)/b19-12+. The number of hydrogen-bond acceptors (Lipinski definition) is 5. The van der Waals surface area contributed by atoms with E-state index in [1.807, 2.05) is 29.1 Å². The van der Waals surface area contributed by atoms with Gasteiger partial charge in [0.05, 0.1) is 22.8 Å². The number of nitrogens with one attached hydrogen (secondary N) is 2. The molecule has 8 nitrogen and oxygen atoms in total. The zero-order valence-corrected chi connectivity index (χ0v) is 22.3. The molecule has 0 radical (unpaired) electrons. The van der Waals surface area contributed by atoms with E-state index in [1.165, 1.54) is 42.0 Å². The van der Waals surface area contributed by atoms with Crippen molar-refractivity contribution < 1.29 is 17.6 Å². The van der Waals surface area contributed by atoms with E-state index in [2.05, 4.69) is 14.9 Å². The van der Waals surface area contributed by atoms with Crippen LogP contribution in [0.4, 0.5) is 14.9 Å². The summed E-state index contributed by atoms with van der Waals surface area (Å²) in [6.07, 6.45) is 8.52. The van der Waals surface area contributed by atoms with Gasteiger partial charge in [0.1, 0.15) is 5.82 Å². The van der Waals surface area contributed by atoms with Crippen molar-refractivity contribution in [1.29, 1.82) is 0 Å². The monoisotopic (exact) mass is 557 g/mol. The molecular formula is C27H29ClFN5O3S. The molecule has 200 valence electrons. The summed E-state index contributed by atoms with van der Waals surface area (Å²) in [6.45, 7) is 1.90. The van der Waals surface area contributed by atoms with Crippen molar-refractivity contribution in [3.05, 3.63) is 82.9 Å². The zero-order valence-electron chi connectivity index (χ0n) is 20.7. The number of benzene rings is 2. The number of urea groups is 1. The van der Waals surface area contributed by atoms with Crippen LogP contribution in [0.25, 0.3) is 5.57 Å². The number of aromatic nitrogens is 2. The van der Waals surface area contributed by atoms with Crippen LogP contribution in [-0.2, 0) is 16.4 Å². The number of rotatable bonds is 6. The van der Waals surface area contributed by atoms with E-state index in [1.54, 1.807) is 0 Å². The fourth-order valence-electron chi connectivity index (χ4n) is 5.12. The van der Waals surface area contributed by atoms with Crippen LogP contribution in [0.5, 0.6) is 0 Å². The Morgan fingerprint density at radius 3 is 2.50 bits per heavy atom. The van der Waals surface area contributed by atoms with Crippen LogP contribution in [0.1, 0.15) is 43.0 Å². The molecule has 0 bridgehead atoms. The molecule has 5 rings (SSSR count). The first-order valence-electron chi connectivity index (χ1n) is 12.6. The second-order valence-electron chi connectivity index (χ2n) is 9.51. The Hall–Kier alpha value is -3.37. The number of carbonyl (C=O) groups excluding carboxylic acids is 1. The maximum atomic E-state index is 13.3. The number of aryl methyl sites for hydroxylation is 1. The van der Waals surface area contributed by atoms with Crippen LogP contribution in [0.15, 0.2) is 65.7 Å². The molecule has 2 aromatic carbocycles. The van der Waals surface area contributed by atoms with Gasteiger partial charge in [-0.1, -0.05) is 17.7 Å². The molecule has 2 amide bonds. The van der Waals surface area contributed by atoms with E-state index in [4.69, 9.17) is 16.7 Å². The number of allylic oxidation sites excluding steroid dienone is 1. The molecular weight excluding hydrogens is 529 g/mol. The Bertz CT molecular complexity index is 1430. The van der Waals surface area contributed by atoms with Gasteiger partial charge in [-0.25, -0.2) is 22.3 Å². The van der Waals surface area contributed by atoms with Crippen LogP contribution in [0.2, 0.25) is 5.02 Å². The summed E-state index contributed by atoms with van der Waals surface area (Å²) in [5.74, 6) is -0.235. The summed E-state index contributed by atoms with van der Waals surface area (Å²) < 4.78 is 42.3. The molecule has 2 heterocycles. The van der Waals surface area contributed by atoms with Gasteiger partial charge in [0, 0.05) is 30.3 Å². The van der Waals surface area contributed by atoms with E-state index in [0.29, 0.717) is 5.02 Å². The highest BCUT2D eigenvalue weighted by molar-refractivity contribution is 7.90. The topological polar surface area (TPSA) is 96.3 Å². The van der Waals surface area contributed by atoms with Gasteiger partial charge >= 0.3 is 6.03 Å². The maximum Gasteiger partial charge on any atom is 0.328 e. The van der Waals surface area contributed by atoms with Crippen molar-refractivity contribution in [3.63, 3.8) is 0 Å². The Balaban J connectivity index is 1.22. The first kappa shape index (κ1) is 26.2. The molecule has 0 spiro atoms. The normalized spacial score (nSPS) is 17.3. The highest BCUT2D eigenvalue weighted by Gasteiger charge is 2.27. The Kier molecular flexibility index (Phi) is 7.71. The molecule has 1 aromatic heterocycles. The summed E-state index contributed by atoms with van der Waals surface area (Å²) in [6, 6.07) is 11.7. The minimum Gasteiger partial charge on any atom is -0.371 e. The molecule has 1 saturated heterocycles. The second kappa shape index (κ2) is 11.2. The van der Waals surface area contributed by atoms with Gasteiger partial charge in [-0.05, 0) is 91.8 Å². The second-order valence-corrected chi connectivity index (χ2v) is 11.6. The minimum absolute atomic E-state index is 0.0401. The molecule has 1 fully saturated rings. The molecule has 0 unspecified atom stereocenters. The molecule has 38 heavy (non-hydrogen) atoms. The molecule has 2 N–H and O–H groups in total. The average Bonchev–Trinajstić information content (AvgIpc) is 3.34. The zero-order chi connectivity index (χ0) is 26.7. The fraction of sp³-hybridized carbons (Fsp3) is 0.333. The molecule has 3 aromatic rings. The van der Waals surface area contributed by atoms with E-state index in [-0.39, 0.29) is 23.3 Å². The van der Waals surface area contributed by atoms with Crippen molar-refractivity contribution >= 4 is 38.9 Å². The van der Waals surface area contributed by atoms with Crippen LogP contribution in [-0.4, -0.2) is 43.9 Å². The predicted molar refractivity (Wildman–Crippen MR) is 145 cm³/mol. The first-order chi connectivity index (χ1) is 18.3. The molecule has 0 saturated carbocycles. The number of amides is 2. The van der Waals surface area contributed by atoms with Gasteiger partial charge in [-0.3, -0.25) is 4.68 Å². The Morgan fingerprint density at radius 2 is 1.79 bits per heavy atom. The van der Waals surface area contributed by atoms with Crippen molar-refractivity contribution in [1.82, 2.24) is 19.8 Å². The van der Waals surface area contributed by atoms with Crippen molar-refractivity contribution in [2.24, 2.45) is 0 Å². The summed E-state index contributed by atoms with van der Waals surface area (Å²) in [5, 5.41) is 7.76. The Labute approximate surface area is 226 Å². The van der Waals surface area contributed by atoms with Gasteiger partial charge in [0.15, 0.2) is 0 Å². The van der Waals surface area contributed by atoms with E-state index < -0.39 is 16.1 Å². The summed E-state index contributed by atoms with van der Waals surface area (Å²) in [5.41, 5.74) is 4.42. The largest absolute Gasteiger partial charge is 0.371 e. The van der Waals surface area contributed by atoms with Crippen LogP contribution < -0.4 is 14.9 Å². The third kappa shape index (κ3) is 5.86. The minimum atomic E-state index is -4.00. The van der Waals surface area contributed by atoms with E-state index in [9.17, 15) is 17.6 Å². The number of halogens is 2. The number of nitrogens with zero attached hydrogens (tertiary/aromatic N) is 3. The number of hydrogen-bond donors (Lipinski definition) is 2. The number of sulfonamides is 1. The van der Waals surface area contributed by atoms with Gasteiger partial charge in [0.25, 0.3) is 10.0 Å². The van der Waals surface area contributed by atoms with Crippen LogP contribution in [0, 0.1) is 5.82 Å². The summed E-state index contributed by atoms with van der Waals surface area (Å²) in [7, 11) is -4.00. The molecule has 11 heteroatoms. The van der Waals surface area contributed by atoms with Gasteiger partial charge in [-0.15, -0.1) is 0 Å². The fourth-order valence-corrected chi connectivity index (χ4v) is 6.17. The molecule has 0 atom stereocenters.